The molecule has 0 spiro atoms. The molecular weight excluding hydrogens is 244 g/mol. The standard InChI is InChI=1S/C19H34O/c1-2-3-4-5-6-16-7-11-18(12-8-16)19-13-9-17(15-20)10-14-19/h3-4,16-20H,2,5-15H2,1H3/b4-3+/t16-,17?,18-,19?. The van der Waals surface area contributed by atoms with Crippen LogP contribution in [0.3, 0.4) is 0 Å². The monoisotopic (exact) mass is 278 g/mol. The summed E-state index contributed by atoms with van der Waals surface area (Å²) in [5.74, 6) is 3.62. The van der Waals surface area contributed by atoms with E-state index < -0.39 is 0 Å². The Morgan fingerprint density at radius 2 is 1.35 bits per heavy atom. The van der Waals surface area contributed by atoms with E-state index in [0.717, 1.165) is 17.8 Å². The first-order valence-electron chi connectivity index (χ1n) is 9.09. The highest BCUT2D eigenvalue weighted by molar-refractivity contribution is 4.84. The lowest BCUT2D eigenvalue weighted by Gasteiger charge is -2.37. The zero-order valence-electron chi connectivity index (χ0n) is 13.4. The highest BCUT2D eigenvalue weighted by Crippen LogP contribution is 2.42. The SMILES string of the molecule is CC/C=C/CC[C@H]1CC[C@H](C2CCC(CO)CC2)CC1. The van der Waals surface area contributed by atoms with Gasteiger partial charge in [0.2, 0.25) is 0 Å². The molecule has 0 unspecified atom stereocenters. The third-order valence-corrected chi connectivity index (χ3v) is 5.85. The van der Waals surface area contributed by atoms with E-state index in [-0.39, 0.29) is 0 Å². The summed E-state index contributed by atoms with van der Waals surface area (Å²) in [5.41, 5.74) is 0. The molecule has 2 rings (SSSR count). The molecule has 0 radical (unpaired) electrons. The first-order valence-corrected chi connectivity index (χ1v) is 9.09. The Morgan fingerprint density at radius 3 is 1.85 bits per heavy atom. The normalized spacial score (nSPS) is 35.5. The molecule has 2 saturated carbocycles. The molecule has 0 aliphatic heterocycles. The van der Waals surface area contributed by atoms with Crippen LogP contribution in [-0.2, 0) is 0 Å². The van der Waals surface area contributed by atoms with E-state index in [1.54, 1.807) is 0 Å². The highest BCUT2D eigenvalue weighted by Gasteiger charge is 2.30. The Bertz CT molecular complexity index is 267. The quantitative estimate of drug-likeness (QED) is 0.650. The summed E-state index contributed by atoms with van der Waals surface area (Å²) in [5, 5.41) is 9.24. The molecule has 1 heteroatoms. The molecule has 0 amide bonds. The predicted molar refractivity (Wildman–Crippen MR) is 86.6 cm³/mol. The van der Waals surface area contributed by atoms with Crippen molar-refractivity contribution in [3.8, 4) is 0 Å². The number of hydrogen-bond donors (Lipinski definition) is 1. The third-order valence-electron chi connectivity index (χ3n) is 5.85. The summed E-state index contributed by atoms with van der Waals surface area (Å²) in [6, 6.07) is 0. The number of allylic oxidation sites excluding steroid dienone is 2. The van der Waals surface area contributed by atoms with Crippen molar-refractivity contribution in [1.29, 1.82) is 0 Å². The molecule has 2 aliphatic carbocycles. The Morgan fingerprint density at radius 1 is 0.800 bits per heavy atom. The first kappa shape index (κ1) is 16.1. The van der Waals surface area contributed by atoms with Crippen molar-refractivity contribution in [2.45, 2.75) is 77.6 Å². The fourth-order valence-corrected chi connectivity index (χ4v) is 4.41. The summed E-state index contributed by atoms with van der Waals surface area (Å²) in [7, 11) is 0. The Labute approximate surface area is 125 Å². The Kier molecular flexibility index (Phi) is 7.13. The van der Waals surface area contributed by atoms with Gasteiger partial charge in [0, 0.05) is 6.61 Å². The molecule has 0 atom stereocenters. The van der Waals surface area contributed by atoms with Crippen LogP contribution in [0.15, 0.2) is 12.2 Å². The van der Waals surface area contributed by atoms with Crippen LogP contribution in [-0.4, -0.2) is 11.7 Å². The lowest BCUT2D eigenvalue weighted by molar-refractivity contribution is 0.116. The van der Waals surface area contributed by atoms with Crippen LogP contribution in [0.25, 0.3) is 0 Å². The van der Waals surface area contributed by atoms with Gasteiger partial charge in [0.25, 0.3) is 0 Å². The molecule has 2 aliphatic rings. The van der Waals surface area contributed by atoms with Crippen LogP contribution in [0, 0.1) is 23.7 Å². The highest BCUT2D eigenvalue weighted by atomic mass is 16.3. The van der Waals surface area contributed by atoms with Crippen LogP contribution in [0.1, 0.15) is 77.6 Å². The van der Waals surface area contributed by atoms with Crippen molar-refractivity contribution in [2.24, 2.45) is 23.7 Å². The lowest BCUT2D eigenvalue weighted by Crippen LogP contribution is -2.26. The number of aliphatic hydroxyl groups is 1. The largest absolute Gasteiger partial charge is 0.396 e. The maximum Gasteiger partial charge on any atom is 0.0459 e. The fraction of sp³-hybridized carbons (Fsp3) is 0.895. The molecular formula is C19H34O. The minimum atomic E-state index is 0.421. The van der Waals surface area contributed by atoms with Crippen LogP contribution in [0.4, 0.5) is 0 Å². The second-order valence-electron chi connectivity index (χ2n) is 7.20. The maximum atomic E-state index is 9.24. The molecule has 0 aromatic rings. The van der Waals surface area contributed by atoms with Crippen LogP contribution >= 0.6 is 0 Å². The molecule has 1 nitrogen and oxygen atoms in total. The van der Waals surface area contributed by atoms with E-state index in [4.69, 9.17) is 0 Å². The van der Waals surface area contributed by atoms with Crippen LogP contribution in [0.5, 0.6) is 0 Å². The smallest absolute Gasteiger partial charge is 0.0459 e. The minimum Gasteiger partial charge on any atom is -0.396 e. The number of hydrogen-bond acceptors (Lipinski definition) is 1. The van der Waals surface area contributed by atoms with E-state index >= 15 is 0 Å². The number of rotatable bonds is 6. The van der Waals surface area contributed by atoms with Gasteiger partial charge in [-0.3, -0.25) is 0 Å². The van der Waals surface area contributed by atoms with Gasteiger partial charge in [-0.15, -0.1) is 0 Å². The van der Waals surface area contributed by atoms with Crippen molar-refractivity contribution in [3.05, 3.63) is 12.2 Å². The average Bonchev–Trinajstić information content (AvgIpc) is 2.52. The molecule has 2 fully saturated rings. The van der Waals surface area contributed by atoms with Crippen molar-refractivity contribution < 1.29 is 5.11 Å². The summed E-state index contributed by atoms with van der Waals surface area (Å²) in [6.07, 6.45) is 19.8. The fourth-order valence-electron chi connectivity index (χ4n) is 4.41. The second kappa shape index (κ2) is 8.87. The summed E-state index contributed by atoms with van der Waals surface area (Å²) >= 11 is 0. The summed E-state index contributed by atoms with van der Waals surface area (Å²) in [6.45, 7) is 2.64. The van der Waals surface area contributed by atoms with E-state index in [1.807, 2.05) is 0 Å². The molecule has 0 aromatic carbocycles. The third kappa shape index (κ3) is 4.91. The molecule has 1 N–H and O–H groups in total. The maximum absolute atomic E-state index is 9.24. The molecule has 116 valence electrons. The lowest BCUT2D eigenvalue weighted by atomic mass is 9.69. The molecule has 0 heterocycles. The van der Waals surface area contributed by atoms with Gasteiger partial charge in [-0.05, 0) is 81.5 Å². The van der Waals surface area contributed by atoms with Gasteiger partial charge in [-0.25, -0.2) is 0 Å². The van der Waals surface area contributed by atoms with Gasteiger partial charge in [-0.1, -0.05) is 31.9 Å². The minimum absolute atomic E-state index is 0.421. The van der Waals surface area contributed by atoms with Crippen molar-refractivity contribution in [1.82, 2.24) is 0 Å². The van der Waals surface area contributed by atoms with E-state index in [9.17, 15) is 5.11 Å². The van der Waals surface area contributed by atoms with Crippen LogP contribution < -0.4 is 0 Å². The zero-order chi connectivity index (χ0) is 14.2. The Hall–Kier alpha value is -0.300. The van der Waals surface area contributed by atoms with E-state index in [1.165, 1.54) is 70.6 Å². The van der Waals surface area contributed by atoms with Gasteiger partial charge in [0.1, 0.15) is 0 Å². The Balaban J connectivity index is 1.63. The van der Waals surface area contributed by atoms with Gasteiger partial charge in [0.05, 0.1) is 0 Å². The number of aliphatic hydroxyl groups excluding tert-OH is 1. The zero-order valence-corrected chi connectivity index (χ0v) is 13.4. The van der Waals surface area contributed by atoms with Crippen molar-refractivity contribution in [2.75, 3.05) is 6.61 Å². The average molecular weight is 278 g/mol. The first-order chi connectivity index (χ1) is 9.83. The second-order valence-corrected chi connectivity index (χ2v) is 7.20. The molecule has 0 saturated heterocycles. The molecule has 0 aromatic heterocycles. The molecule has 20 heavy (non-hydrogen) atoms. The summed E-state index contributed by atoms with van der Waals surface area (Å²) < 4.78 is 0. The van der Waals surface area contributed by atoms with Crippen molar-refractivity contribution in [3.63, 3.8) is 0 Å². The topological polar surface area (TPSA) is 20.2 Å². The summed E-state index contributed by atoms with van der Waals surface area (Å²) in [4.78, 5) is 0. The van der Waals surface area contributed by atoms with Crippen molar-refractivity contribution >= 4 is 0 Å². The molecule has 0 bridgehead atoms. The van der Waals surface area contributed by atoms with E-state index in [0.29, 0.717) is 12.5 Å². The van der Waals surface area contributed by atoms with Gasteiger partial charge in [-0.2, -0.15) is 0 Å². The predicted octanol–water partition coefficient (Wildman–Crippen LogP) is 5.34. The van der Waals surface area contributed by atoms with Gasteiger partial charge < -0.3 is 5.11 Å². The van der Waals surface area contributed by atoms with E-state index in [2.05, 4.69) is 19.1 Å². The van der Waals surface area contributed by atoms with Crippen LogP contribution in [0.2, 0.25) is 0 Å². The van der Waals surface area contributed by atoms with Gasteiger partial charge >= 0.3 is 0 Å². The van der Waals surface area contributed by atoms with Gasteiger partial charge in [0.15, 0.2) is 0 Å².